The van der Waals surface area contributed by atoms with Crippen LogP contribution in [-0.2, 0) is 20.7 Å². The summed E-state index contributed by atoms with van der Waals surface area (Å²) in [5.74, 6) is -0.805. The molecule has 2 aromatic rings. The van der Waals surface area contributed by atoms with Crippen molar-refractivity contribution >= 4 is 23.5 Å². The van der Waals surface area contributed by atoms with E-state index in [0.717, 1.165) is 24.8 Å². The first-order valence-corrected chi connectivity index (χ1v) is 9.21. The SMILES string of the molecule is O=C1COc2cc(C(=O)OCC(=O)N[C@H]3CCCc4ccccc43)ccc2N1. The molecule has 0 fully saturated rings. The van der Waals surface area contributed by atoms with Crippen LogP contribution in [0.5, 0.6) is 5.75 Å². The Kier molecular flexibility index (Phi) is 4.97. The molecule has 0 aromatic heterocycles. The quantitative estimate of drug-likeness (QED) is 0.795. The molecule has 1 heterocycles. The number of benzene rings is 2. The van der Waals surface area contributed by atoms with Crippen molar-refractivity contribution in [3.63, 3.8) is 0 Å². The van der Waals surface area contributed by atoms with Gasteiger partial charge in [-0.05, 0) is 48.6 Å². The number of anilines is 1. The van der Waals surface area contributed by atoms with E-state index in [1.165, 1.54) is 17.7 Å². The summed E-state index contributed by atoms with van der Waals surface area (Å²) in [6, 6.07) is 12.6. The van der Waals surface area contributed by atoms with Crippen molar-refractivity contribution in [3.8, 4) is 5.75 Å². The van der Waals surface area contributed by atoms with Crippen LogP contribution in [-0.4, -0.2) is 31.0 Å². The Hall–Kier alpha value is -3.35. The minimum atomic E-state index is -0.623. The van der Waals surface area contributed by atoms with Crippen LogP contribution in [0.3, 0.4) is 0 Å². The second-order valence-electron chi connectivity index (χ2n) is 6.84. The van der Waals surface area contributed by atoms with Crippen molar-refractivity contribution in [3.05, 3.63) is 59.2 Å². The Balaban J connectivity index is 1.34. The maximum Gasteiger partial charge on any atom is 0.338 e. The molecular weight excluding hydrogens is 360 g/mol. The molecule has 1 atom stereocenters. The lowest BCUT2D eigenvalue weighted by molar-refractivity contribution is -0.125. The van der Waals surface area contributed by atoms with Crippen LogP contribution in [0.15, 0.2) is 42.5 Å². The summed E-state index contributed by atoms with van der Waals surface area (Å²) in [7, 11) is 0. The average Bonchev–Trinajstić information content (AvgIpc) is 2.72. The van der Waals surface area contributed by atoms with Gasteiger partial charge >= 0.3 is 5.97 Å². The molecule has 1 aliphatic heterocycles. The van der Waals surface area contributed by atoms with Gasteiger partial charge in [0.15, 0.2) is 13.2 Å². The van der Waals surface area contributed by atoms with Crippen LogP contribution in [0.4, 0.5) is 5.69 Å². The lowest BCUT2D eigenvalue weighted by Crippen LogP contribution is -2.34. The maximum absolute atomic E-state index is 12.3. The van der Waals surface area contributed by atoms with Gasteiger partial charge in [-0.2, -0.15) is 0 Å². The van der Waals surface area contributed by atoms with Gasteiger partial charge in [-0.25, -0.2) is 4.79 Å². The first-order chi connectivity index (χ1) is 13.6. The molecule has 0 radical (unpaired) electrons. The summed E-state index contributed by atoms with van der Waals surface area (Å²) >= 11 is 0. The summed E-state index contributed by atoms with van der Waals surface area (Å²) in [5, 5.41) is 5.60. The van der Waals surface area contributed by atoms with Crippen LogP contribution in [0, 0.1) is 0 Å². The number of rotatable bonds is 4. The van der Waals surface area contributed by atoms with Gasteiger partial charge in [-0.3, -0.25) is 9.59 Å². The lowest BCUT2D eigenvalue weighted by atomic mass is 9.88. The molecule has 144 valence electrons. The van der Waals surface area contributed by atoms with Crippen LogP contribution >= 0.6 is 0 Å². The number of hydrogen-bond donors (Lipinski definition) is 2. The van der Waals surface area contributed by atoms with Gasteiger partial charge in [0.1, 0.15) is 5.75 Å². The average molecular weight is 380 g/mol. The molecule has 2 amide bonds. The minimum absolute atomic E-state index is 0.0584. The molecule has 7 heteroatoms. The van der Waals surface area contributed by atoms with Gasteiger partial charge in [0.25, 0.3) is 11.8 Å². The highest BCUT2D eigenvalue weighted by Gasteiger charge is 2.22. The fourth-order valence-corrected chi connectivity index (χ4v) is 3.56. The van der Waals surface area contributed by atoms with Gasteiger partial charge < -0.3 is 20.1 Å². The van der Waals surface area contributed by atoms with E-state index < -0.39 is 5.97 Å². The van der Waals surface area contributed by atoms with E-state index in [9.17, 15) is 14.4 Å². The summed E-state index contributed by atoms with van der Waals surface area (Å²) in [6.45, 7) is -0.455. The second kappa shape index (κ2) is 7.72. The molecule has 0 saturated carbocycles. The van der Waals surface area contributed by atoms with Crippen LogP contribution < -0.4 is 15.4 Å². The third-order valence-corrected chi connectivity index (χ3v) is 4.89. The highest BCUT2D eigenvalue weighted by atomic mass is 16.5. The Morgan fingerprint density at radius 2 is 2.07 bits per heavy atom. The number of amides is 2. The van der Waals surface area contributed by atoms with E-state index in [1.807, 2.05) is 18.2 Å². The molecule has 0 spiro atoms. The molecule has 0 bridgehead atoms. The van der Waals surface area contributed by atoms with Gasteiger partial charge in [-0.1, -0.05) is 24.3 Å². The van der Waals surface area contributed by atoms with E-state index >= 15 is 0 Å². The predicted octanol–water partition coefficient (Wildman–Crippen LogP) is 2.37. The second-order valence-corrected chi connectivity index (χ2v) is 6.84. The van der Waals surface area contributed by atoms with Crippen molar-refractivity contribution in [2.75, 3.05) is 18.5 Å². The number of nitrogens with one attached hydrogen (secondary N) is 2. The van der Waals surface area contributed by atoms with Crippen molar-refractivity contribution in [1.29, 1.82) is 0 Å². The topological polar surface area (TPSA) is 93.7 Å². The number of esters is 1. The number of hydrogen-bond acceptors (Lipinski definition) is 5. The first-order valence-electron chi connectivity index (χ1n) is 9.21. The number of fused-ring (bicyclic) bond motifs is 2. The zero-order valence-corrected chi connectivity index (χ0v) is 15.2. The molecule has 2 aromatic carbocycles. The zero-order valence-electron chi connectivity index (χ0n) is 15.2. The highest BCUT2D eigenvalue weighted by Crippen LogP contribution is 2.30. The van der Waals surface area contributed by atoms with Gasteiger partial charge in [0.2, 0.25) is 0 Å². The van der Waals surface area contributed by atoms with Gasteiger partial charge in [0, 0.05) is 0 Å². The Bertz CT molecular complexity index is 940. The van der Waals surface area contributed by atoms with E-state index in [2.05, 4.69) is 16.7 Å². The number of carbonyl (C=O) groups is 3. The molecule has 4 rings (SSSR count). The summed E-state index contributed by atoms with van der Waals surface area (Å²) in [6.07, 6.45) is 2.89. The van der Waals surface area contributed by atoms with Crippen LogP contribution in [0.25, 0.3) is 0 Å². The minimum Gasteiger partial charge on any atom is -0.482 e. The molecular formula is C21H20N2O5. The van der Waals surface area contributed by atoms with Crippen LogP contribution in [0.1, 0.15) is 40.4 Å². The molecule has 2 N–H and O–H groups in total. The number of aryl methyl sites for hydroxylation is 1. The molecule has 0 unspecified atom stereocenters. The molecule has 7 nitrogen and oxygen atoms in total. The molecule has 0 saturated heterocycles. The highest BCUT2D eigenvalue weighted by molar-refractivity contribution is 5.97. The van der Waals surface area contributed by atoms with Crippen molar-refractivity contribution in [2.45, 2.75) is 25.3 Å². The zero-order chi connectivity index (χ0) is 19.5. The monoisotopic (exact) mass is 380 g/mol. The molecule has 28 heavy (non-hydrogen) atoms. The fourth-order valence-electron chi connectivity index (χ4n) is 3.56. The molecule has 1 aliphatic carbocycles. The van der Waals surface area contributed by atoms with E-state index in [1.54, 1.807) is 6.07 Å². The van der Waals surface area contributed by atoms with E-state index in [0.29, 0.717) is 11.4 Å². The summed E-state index contributed by atoms with van der Waals surface area (Å²) < 4.78 is 10.4. The summed E-state index contributed by atoms with van der Waals surface area (Å²) in [4.78, 5) is 35.8. The van der Waals surface area contributed by atoms with Crippen molar-refractivity contribution < 1.29 is 23.9 Å². The van der Waals surface area contributed by atoms with E-state index in [4.69, 9.17) is 9.47 Å². The van der Waals surface area contributed by atoms with Crippen molar-refractivity contribution in [2.24, 2.45) is 0 Å². The third-order valence-electron chi connectivity index (χ3n) is 4.89. The standard InChI is InChI=1S/C21H20N2O5/c24-19-11-27-18-10-14(8-9-17(18)23-19)21(26)28-12-20(25)22-16-7-3-5-13-4-1-2-6-15(13)16/h1-2,4,6,8-10,16H,3,5,7,11-12H2,(H,22,25)(H,23,24)/t16-/m0/s1. The largest absolute Gasteiger partial charge is 0.482 e. The normalized spacial score (nSPS) is 17.4. The predicted molar refractivity (Wildman–Crippen MR) is 101 cm³/mol. The Labute approximate surface area is 162 Å². The maximum atomic E-state index is 12.3. The Morgan fingerprint density at radius 1 is 1.21 bits per heavy atom. The molecule has 2 aliphatic rings. The lowest BCUT2D eigenvalue weighted by Gasteiger charge is -2.26. The van der Waals surface area contributed by atoms with E-state index in [-0.39, 0.29) is 36.6 Å². The summed E-state index contributed by atoms with van der Waals surface area (Å²) in [5.41, 5.74) is 3.13. The number of ether oxygens (including phenoxy) is 2. The van der Waals surface area contributed by atoms with Crippen LogP contribution in [0.2, 0.25) is 0 Å². The first kappa shape index (κ1) is 18.0. The smallest absolute Gasteiger partial charge is 0.338 e. The van der Waals surface area contributed by atoms with Gasteiger partial charge in [0.05, 0.1) is 17.3 Å². The Morgan fingerprint density at radius 3 is 2.96 bits per heavy atom. The van der Waals surface area contributed by atoms with Gasteiger partial charge in [-0.15, -0.1) is 0 Å². The third kappa shape index (κ3) is 3.83. The van der Waals surface area contributed by atoms with Crippen molar-refractivity contribution in [1.82, 2.24) is 5.32 Å². The number of carbonyl (C=O) groups excluding carboxylic acids is 3. The fraction of sp³-hybridized carbons (Fsp3) is 0.286.